The lowest BCUT2D eigenvalue weighted by Crippen LogP contribution is -1.99. The van der Waals surface area contributed by atoms with Crippen LogP contribution in [0.1, 0.15) is 12.8 Å². The molecule has 0 aromatic carbocycles. The van der Waals surface area contributed by atoms with Crippen LogP contribution in [0.5, 0.6) is 0 Å². The number of aromatic nitrogens is 1. The SMILES string of the molecule is Brc1ccc(-c2csc(NC3CC3)n2)s1. The van der Waals surface area contributed by atoms with E-state index >= 15 is 0 Å². The Balaban J connectivity index is 1.82. The summed E-state index contributed by atoms with van der Waals surface area (Å²) in [6.07, 6.45) is 2.58. The third-order valence-electron chi connectivity index (χ3n) is 2.23. The fraction of sp³-hybridized carbons (Fsp3) is 0.300. The zero-order chi connectivity index (χ0) is 10.3. The van der Waals surface area contributed by atoms with Crippen LogP contribution >= 0.6 is 38.6 Å². The summed E-state index contributed by atoms with van der Waals surface area (Å²) in [6.45, 7) is 0. The van der Waals surface area contributed by atoms with E-state index in [1.807, 2.05) is 0 Å². The molecule has 1 N–H and O–H groups in total. The molecule has 2 heterocycles. The van der Waals surface area contributed by atoms with Crippen molar-refractivity contribution >= 4 is 43.7 Å². The third kappa shape index (κ3) is 2.24. The van der Waals surface area contributed by atoms with Crippen molar-refractivity contribution in [3.8, 4) is 10.6 Å². The first-order valence-electron chi connectivity index (χ1n) is 4.79. The summed E-state index contributed by atoms with van der Waals surface area (Å²) >= 11 is 6.88. The molecule has 0 atom stereocenters. The van der Waals surface area contributed by atoms with Crippen molar-refractivity contribution in [2.75, 3.05) is 5.32 Å². The summed E-state index contributed by atoms with van der Waals surface area (Å²) in [7, 11) is 0. The van der Waals surface area contributed by atoms with Crippen molar-refractivity contribution < 1.29 is 0 Å². The quantitative estimate of drug-likeness (QED) is 0.918. The van der Waals surface area contributed by atoms with Crippen molar-refractivity contribution in [3.63, 3.8) is 0 Å². The van der Waals surface area contributed by atoms with Gasteiger partial charge in [0.25, 0.3) is 0 Å². The van der Waals surface area contributed by atoms with Gasteiger partial charge in [-0.3, -0.25) is 0 Å². The predicted molar refractivity (Wildman–Crippen MR) is 69.8 cm³/mol. The molecular weight excluding hydrogens is 292 g/mol. The molecule has 2 aromatic rings. The summed E-state index contributed by atoms with van der Waals surface area (Å²) in [5, 5.41) is 6.58. The first kappa shape index (κ1) is 9.81. The van der Waals surface area contributed by atoms with Crippen LogP contribution in [-0.2, 0) is 0 Å². The van der Waals surface area contributed by atoms with Crippen molar-refractivity contribution in [1.29, 1.82) is 0 Å². The number of hydrogen-bond acceptors (Lipinski definition) is 4. The minimum absolute atomic E-state index is 0.680. The lowest BCUT2D eigenvalue weighted by atomic mass is 10.4. The van der Waals surface area contributed by atoms with E-state index in [0.717, 1.165) is 14.6 Å². The van der Waals surface area contributed by atoms with E-state index < -0.39 is 0 Å². The molecule has 15 heavy (non-hydrogen) atoms. The highest BCUT2D eigenvalue weighted by molar-refractivity contribution is 9.11. The number of nitrogens with one attached hydrogen (secondary N) is 1. The lowest BCUT2D eigenvalue weighted by Gasteiger charge is -1.95. The number of anilines is 1. The van der Waals surface area contributed by atoms with E-state index in [1.54, 1.807) is 22.7 Å². The molecule has 3 rings (SSSR count). The molecule has 78 valence electrons. The smallest absolute Gasteiger partial charge is 0.183 e. The molecule has 1 fully saturated rings. The molecule has 1 aliphatic carbocycles. The van der Waals surface area contributed by atoms with Gasteiger partial charge in [0.1, 0.15) is 0 Å². The molecule has 0 amide bonds. The van der Waals surface area contributed by atoms with Crippen molar-refractivity contribution in [1.82, 2.24) is 4.98 Å². The molecule has 2 aromatic heterocycles. The highest BCUT2D eigenvalue weighted by atomic mass is 79.9. The molecule has 0 aliphatic heterocycles. The third-order valence-corrected chi connectivity index (χ3v) is 4.65. The zero-order valence-electron chi connectivity index (χ0n) is 7.87. The van der Waals surface area contributed by atoms with Gasteiger partial charge in [-0.05, 0) is 40.9 Å². The fourth-order valence-corrected chi connectivity index (χ4v) is 3.52. The van der Waals surface area contributed by atoms with E-state index in [1.165, 1.54) is 17.7 Å². The highest BCUT2D eigenvalue weighted by Gasteiger charge is 2.22. The van der Waals surface area contributed by atoms with E-state index in [2.05, 4.69) is 43.7 Å². The standard InChI is InChI=1S/C10H9BrN2S2/c11-9-4-3-8(15-9)7-5-14-10(13-7)12-6-1-2-6/h3-6H,1-2H2,(H,12,13). The van der Waals surface area contributed by atoms with E-state index in [4.69, 9.17) is 0 Å². The maximum absolute atomic E-state index is 4.57. The molecule has 1 saturated carbocycles. The second-order valence-electron chi connectivity index (χ2n) is 3.56. The van der Waals surface area contributed by atoms with Crippen molar-refractivity contribution in [3.05, 3.63) is 21.3 Å². The van der Waals surface area contributed by atoms with Gasteiger partial charge in [-0.25, -0.2) is 4.98 Å². The summed E-state index contributed by atoms with van der Waals surface area (Å²) in [4.78, 5) is 5.80. The number of nitrogens with zero attached hydrogens (tertiary/aromatic N) is 1. The summed E-state index contributed by atoms with van der Waals surface area (Å²) in [6, 6.07) is 4.84. The Labute approximate surface area is 104 Å². The largest absolute Gasteiger partial charge is 0.359 e. The van der Waals surface area contributed by atoms with Crippen LogP contribution in [0, 0.1) is 0 Å². The second-order valence-corrected chi connectivity index (χ2v) is 6.88. The minimum Gasteiger partial charge on any atom is -0.359 e. The molecule has 0 saturated heterocycles. The van der Waals surface area contributed by atoms with Crippen LogP contribution in [0.3, 0.4) is 0 Å². The molecule has 0 spiro atoms. The van der Waals surface area contributed by atoms with Gasteiger partial charge in [0.2, 0.25) is 0 Å². The summed E-state index contributed by atoms with van der Waals surface area (Å²) in [5.74, 6) is 0. The maximum atomic E-state index is 4.57. The van der Waals surface area contributed by atoms with Crippen LogP contribution in [-0.4, -0.2) is 11.0 Å². The number of thiazole rings is 1. The van der Waals surface area contributed by atoms with Gasteiger partial charge in [-0.1, -0.05) is 0 Å². The number of hydrogen-bond donors (Lipinski definition) is 1. The molecule has 0 unspecified atom stereocenters. The first-order chi connectivity index (χ1) is 7.31. The Morgan fingerprint density at radius 1 is 1.40 bits per heavy atom. The molecular formula is C10H9BrN2S2. The van der Waals surface area contributed by atoms with Gasteiger partial charge in [-0.15, -0.1) is 22.7 Å². The van der Waals surface area contributed by atoms with E-state index in [9.17, 15) is 0 Å². The van der Waals surface area contributed by atoms with Gasteiger partial charge < -0.3 is 5.32 Å². The predicted octanol–water partition coefficient (Wildman–Crippen LogP) is 4.21. The molecule has 2 nitrogen and oxygen atoms in total. The van der Waals surface area contributed by atoms with Gasteiger partial charge in [0.05, 0.1) is 14.4 Å². The molecule has 1 aliphatic rings. The van der Waals surface area contributed by atoms with Crippen LogP contribution in [0.25, 0.3) is 10.6 Å². The number of rotatable bonds is 3. The summed E-state index contributed by atoms with van der Waals surface area (Å²) in [5.41, 5.74) is 1.08. The van der Waals surface area contributed by atoms with Crippen LogP contribution in [0.4, 0.5) is 5.13 Å². The van der Waals surface area contributed by atoms with Gasteiger partial charge in [0, 0.05) is 11.4 Å². The Morgan fingerprint density at radius 3 is 2.93 bits per heavy atom. The van der Waals surface area contributed by atoms with Crippen molar-refractivity contribution in [2.45, 2.75) is 18.9 Å². The van der Waals surface area contributed by atoms with E-state index in [-0.39, 0.29) is 0 Å². The Kier molecular flexibility index (Phi) is 2.54. The molecule has 5 heteroatoms. The van der Waals surface area contributed by atoms with Gasteiger partial charge in [0.15, 0.2) is 5.13 Å². The lowest BCUT2D eigenvalue weighted by molar-refractivity contribution is 1.14. The number of thiophene rings is 1. The first-order valence-corrected chi connectivity index (χ1v) is 7.28. The topological polar surface area (TPSA) is 24.9 Å². The number of halogens is 1. The summed E-state index contributed by atoms with van der Waals surface area (Å²) < 4.78 is 1.15. The Bertz CT molecular complexity index is 473. The van der Waals surface area contributed by atoms with E-state index in [0.29, 0.717) is 6.04 Å². The maximum Gasteiger partial charge on any atom is 0.183 e. The zero-order valence-corrected chi connectivity index (χ0v) is 11.1. The fourth-order valence-electron chi connectivity index (χ4n) is 1.31. The Morgan fingerprint density at radius 2 is 2.27 bits per heavy atom. The molecule has 0 bridgehead atoms. The van der Waals surface area contributed by atoms with Gasteiger partial charge in [-0.2, -0.15) is 0 Å². The van der Waals surface area contributed by atoms with Crippen LogP contribution < -0.4 is 5.32 Å². The molecule has 0 radical (unpaired) electrons. The van der Waals surface area contributed by atoms with Crippen LogP contribution in [0.15, 0.2) is 21.3 Å². The minimum atomic E-state index is 0.680. The van der Waals surface area contributed by atoms with Crippen molar-refractivity contribution in [2.24, 2.45) is 0 Å². The van der Waals surface area contributed by atoms with Gasteiger partial charge >= 0.3 is 0 Å². The Hall–Kier alpha value is -0.390. The normalized spacial score (nSPS) is 15.5. The highest BCUT2D eigenvalue weighted by Crippen LogP contribution is 2.34. The average Bonchev–Trinajstić information content (AvgIpc) is 2.74. The van der Waals surface area contributed by atoms with Crippen LogP contribution in [0.2, 0.25) is 0 Å². The average molecular weight is 301 g/mol. The monoisotopic (exact) mass is 300 g/mol. The second kappa shape index (κ2) is 3.88.